The van der Waals surface area contributed by atoms with Crippen molar-refractivity contribution in [3.8, 4) is 0 Å². The summed E-state index contributed by atoms with van der Waals surface area (Å²) in [5.74, 6) is -0.439. The number of hydroxylamine groups is 2. The van der Waals surface area contributed by atoms with E-state index < -0.39 is 27.9 Å². The van der Waals surface area contributed by atoms with Crippen LogP contribution in [0.4, 0.5) is 0 Å². The number of allylic oxidation sites excluding steroid dienone is 1. The van der Waals surface area contributed by atoms with Gasteiger partial charge in [-0.25, -0.2) is 13.2 Å². The van der Waals surface area contributed by atoms with Crippen LogP contribution in [0.25, 0.3) is 0 Å². The van der Waals surface area contributed by atoms with Gasteiger partial charge in [0.15, 0.2) is 0 Å². The third-order valence-electron chi connectivity index (χ3n) is 6.49. The molecule has 59 heavy (non-hydrogen) atoms. The van der Waals surface area contributed by atoms with Crippen molar-refractivity contribution in [1.29, 1.82) is 0 Å². The van der Waals surface area contributed by atoms with Crippen LogP contribution in [-0.2, 0) is 48.4 Å². The summed E-state index contributed by atoms with van der Waals surface area (Å²) in [6, 6.07) is 0. The molecule has 354 valence electrons. The smallest absolute Gasteiger partial charge is 0.333 e. The molecule has 1 N–H and O–H groups in total. The van der Waals surface area contributed by atoms with Crippen molar-refractivity contribution in [3.05, 3.63) is 12.3 Å². The molecule has 0 spiro atoms. The predicted octanol–water partition coefficient (Wildman–Crippen LogP) is 10.9. The maximum atomic E-state index is 11.2. The van der Waals surface area contributed by atoms with Gasteiger partial charge in [-0.1, -0.05) is 177 Å². The fraction of sp³-hybridized carbons (Fsp3) is 0.825. The highest BCUT2D eigenvalue weighted by Gasteiger charge is 2.32. The number of amides is 3. The summed E-state index contributed by atoms with van der Waals surface area (Å²) in [6.45, 7) is 18.6. The second-order valence-electron chi connectivity index (χ2n) is 12.4. The molecule has 1 saturated heterocycles. The van der Waals surface area contributed by atoms with Gasteiger partial charge in [0, 0.05) is 36.0 Å². The van der Waals surface area contributed by atoms with Gasteiger partial charge in [0.25, 0.3) is 18.3 Å². The normalized spacial score (nSPS) is 11.0. The van der Waals surface area contributed by atoms with E-state index in [1.807, 2.05) is 20.8 Å². The minimum absolute atomic E-state index is 0.0202. The lowest BCUT2D eigenvalue weighted by atomic mass is 10.2. The molecule has 19 heteroatoms. The van der Waals surface area contributed by atoms with Crippen molar-refractivity contribution in [1.82, 2.24) is 10.4 Å². The minimum Gasteiger partial charge on any atom is -0.748 e. The Morgan fingerprint density at radius 3 is 1.61 bits per heavy atom. The Morgan fingerprint density at radius 2 is 1.24 bits per heavy atom. The molecule has 0 aromatic heterocycles. The van der Waals surface area contributed by atoms with E-state index in [4.69, 9.17) is 4.74 Å². The Bertz CT molecular complexity index is 1050. The number of rotatable bonds is 26. The van der Waals surface area contributed by atoms with Crippen LogP contribution in [0.3, 0.4) is 0 Å². The number of hydrogen-bond donors (Lipinski definition) is 2. The molecule has 1 fully saturated rings. The number of ether oxygens (including phenoxy) is 2. The number of unbranched alkanes of at least 4 members (excludes halogenated alkanes) is 8. The molecular formula is C40H77I4N2O11S2-. The largest absolute Gasteiger partial charge is 0.748 e. The standard InChI is InChI=1S/C10H15NO4.C6H11IO.C6H13NOS.C5H9IO2.C5H12O3S.2C4H9I/c1-2-3-4-5-10(14)15-11-8(12)6-7-9(11)13;1-6(2)8-5-3-4-7;1-2-3-4-7-6(8)5-9;6-3-1-2-4-8-5-7;1-2-3-4-5-9(6,7)8;2*1-2-3-4-5/h2-7H2,1H3;1,3-5H2,2H3;9H,2-5H2,1H3,(H,7,8);5H,1-4H2;2-5H2,1H3,(H,6,7,8);2*2-4H2,1H3/p-1. The van der Waals surface area contributed by atoms with Crippen molar-refractivity contribution in [2.45, 2.75) is 157 Å². The number of carbonyl (C=O) groups is 5. The van der Waals surface area contributed by atoms with Gasteiger partial charge in [0.1, 0.15) is 0 Å². The number of hydrogen-bond acceptors (Lipinski definition) is 12. The third-order valence-corrected chi connectivity index (χ3v) is 10.6. The van der Waals surface area contributed by atoms with Crippen molar-refractivity contribution >= 4 is 143 Å². The fourth-order valence-electron chi connectivity index (χ4n) is 3.21. The van der Waals surface area contributed by atoms with Crippen molar-refractivity contribution in [2.24, 2.45) is 0 Å². The summed E-state index contributed by atoms with van der Waals surface area (Å²) in [4.78, 5) is 58.1. The first kappa shape index (κ1) is 70.9. The Balaban J connectivity index is -0.000000144. The monoisotopic (exact) mass is 1330 g/mol. The van der Waals surface area contributed by atoms with Crippen molar-refractivity contribution < 1.29 is 51.3 Å². The van der Waals surface area contributed by atoms with Crippen LogP contribution in [0, 0.1) is 0 Å². The maximum absolute atomic E-state index is 11.2. The molecule has 0 saturated carbocycles. The molecule has 1 heterocycles. The number of imide groups is 1. The highest BCUT2D eigenvalue weighted by Crippen LogP contribution is 2.13. The summed E-state index contributed by atoms with van der Waals surface area (Å²) in [7, 11) is -3.95. The number of nitrogens with one attached hydrogen (secondary N) is 1. The minimum atomic E-state index is -3.95. The molecule has 0 aromatic rings. The highest BCUT2D eigenvalue weighted by atomic mass is 127. The van der Waals surface area contributed by atoms with E-state index in [-0.39, 0.29) is 30.9 Å². The van der Waals surface area contributed by atoms with Crippen LogP contribution in [0.2, 0.25) is 0 Å². The molecule has 0 aromatic carbocycles. The fourth-order valence-corrected chi connectivity index (χ4v) is 6.26. The Kier molecular flexibility index (Phi) is 72.6. The SMILES string of the molecule is C=C(C)OCCCI.CCCCCC(=O)ON1C(=O)CCC1=O.CCCCCS(=O)(=O)[O-].CCCCI.CCCCI.CCCCNC(=O)CS.O=COCCCCI. The Hall–Kier alpha value is 0.270. The predicted molar refractivity (Wildman–Crippen MR) is 279 cm³/mol. The number of halogens is 4. The number of carbonyl (C=O) groups excluding carboxylic acids is 5. The Labute approximate surface area is 419 Å². The van der Waals surface area contributed by atoms with Gasteiger partial charge in [-0.3, -0.25) is 19.2 Å². The lowest BCUT2D eigenvalue weighted by Gasteiger charge is -2.12. The molecule has 0 aliphatic carbocycles. The van der Waals surface area contributed by atoms with E-state index in [9.17, 15) is 36.9 Å². The second kappa shape index (κ2) is 60.4. The molecule has 0 unspecified atom stereocenters. The number of nitrogens with zero attached hydrogens (tertiary/aromatic N) is 1. The van der Waals surface area contributed by atoms with E-state index in [0.29, 0.717) is 30.3 Å². The van der Waals surface area contributed by atoms with E-state index >= 15 is 0 Å². The zero-order valence-corrected chi connectivity index (χ0v) is 47.0. The summed E-state index contributed by atoms with van der Waals surface area (Å²) in [5.41, 5.74) is 0. The molecule has 0 radical (unpaired) electrons. The molecule has 1 aliphatic heterocycles. The summed E-state index contributed by atoms with van der Waals surface area (Å²) in [6.07, 6.45) is 16.3. The average Bonchev–Trinajstić information content (AvgIpc) is 3.50. The molecular weight excluding hydrogens is 1260 g/mol. The first-order valence-corrected chi connectivity index (χ1v) is 28.8. The molecule has 1 rings (SSSR count). The molecule has 0 atom stereocenters. The summed E-state index contributed by atoms with van der Waals surface area (Å²) < 4.78 is 44.3. The zero-order chi connectivity index (χ0) is 46.6. The van der Waals surface area contributed by atoms with Gasteiger partial charge in [-0.15, -0.1) is 5.06 Å². The highest BCUT2D eigenvalue weighted by molar-refractivity contribution is 14.1. The quantitative estimate of drug-likeness (QED) is 0.0123. The third kappa shape index (κ3) is 76.0. The maximum Gasteiger partial charge on any atom is 0.333 e. The van der Waals surface area contributed by atoms with E-state index in [2.05, 4.69) is 145 Å². The van der Waals surface area contributed by atoms with Crippen molar-refractivity contribution in [3.63, 3.8) is 0 Å². The summed E-state index contributed by atoms with van der Waals surface area (Å²) >= 11 is 13.2. The van der Waals surface area contributed by atoms with Crippen LogP contribution in [0.1, 0.15) is 157 Å². The van der Waals surface area contributed by atoms with E-state index in [1.165, 1.54) is 34.5 Å². The van der Waals surface area contributed by atoms with E-state index in [1.54, 1.807) is 0 Å². The lowest BCUT2D eigenvalue weighted by Crippen LogP contribution is -2.31. The second-order valence-corrected chi connectivity index (χ2v) is 18.5. The summed E-state index contributed by atoms with van der Waals surface area (Å²) in [5, 5.41) is 3.31. The number of thiol groups is 1. The molecule has 13 nitrogen and oxygen atoms in total. The first-order valence-electron chi connectivity index (χ1n) is 20.5. The van der Waals surface area contributed by atoms with Gasteiger partial charge >= 0.3 is 5.97 Å². The van der Waals surface area contributed by atoms with E-state index in [0.717, 1.165) is 92.0 Å². The van der Waals surface area contributed by atoms with Crippen LogP contribution in [0.5, 0.6) is 0 Å². The van der Waals surface area contributed by atoms with Gasteiger partial charge in [-0.2, -0.15) is 12.6 Å². The topological polar surface area (TPSA) is 186 Å². The first-order chi connectivity index (χ1) is 28.0. The Morgan fingerprint density at radius 1 is 0.763 bits per heavy atom. The van der Waals surface area contributed by atoms with Crippen LogP contribution >= 0.6 is 103 Å². The number of alkyl halides is 4. The molecule has 3 amide bonds. The zero-order valence-electron chi connectivity index (χ0n) is 36.7. The van der Waals surface area contributed by atoms with Crippen LogP contribution < -0.4 is 5.32 Å². The van der Waals surface area contributed by atoms with Gasteiger partial charge in [0.2, 0.25) is 5.91 Å². The van der Waals surface area contributed by atoms with Crippen molar-refractivity contribution in [2.75, 3.05) is 49.0 Å². The molecule has 0 bridgehead atoms. The lowest BCUT2D eigenvalue weighted by molar-refractivity contribution is -0.197. The van der Waals surface area contributed by atoms with Gasteiger partial charge in [0.05, 0.1) is 34.8 Å². The van der Waals surface area contributed by atoms with Gasteiger partial charge < -0.3 is 24.2 Å². The van der Waals surface area contributed by atoms with Crippen LogP contribution in [-0.4, -0.2) is 97.2 Å². The molecule has 1 aliphatic rings. The average molecular weight is 1330 g/mol. The van der Waals surface area contributed by atoms with Crippen LogP contribution in [0.15, 0.2) is 12.3 Å². The van der Waals surface area contributed by atoms with Gasteiger partial charge in [-0.05, 0) is 71.6 Å².